The molecule has 0 saturated heterocycles. The van der Waals surface area contributed by atoms with Gasteiger partial charge in [0.2, 0.25) is 17.7 Å². The van der Waals surface area contributed by atoms with Gasteiger partial charge in [0.1, 0.15) is 25.9 Å². The predicted molar refractivity (Wildman–Crippen MR) is 214 cm³/mol. The SMILES string of the molecule is CC(C)[C@H](NC(=O)COCCOCCNC(=O)COCCOCCN)C(=O)N[C@@H](Cc1ccccc1)C[C@H](O)[C@H](Cc1ccccc1)NC(=O)OCc1cncs1. The third-order valence-electron chi connectivity index (χ3n) is 8.40. The molecule has 0 aliphatic carbocycles. The summed E-state index contributed by atoms with van der Waals surface area (Å²) in [5.74, 6) is -1.45. The molecule has 0 unspecified atom stereocenters. The molecule has 17 heteroatoms. The maximum atomic E-state index is 13.8. The van der Waals surface area contributed by atoms with Crippen LogP contribution in [0.5, 0.6) is 0 Å². The number of hydrogen-bond donors (Lipinski definition) is 6. The van der Waals surface area contributed by atoms with E-state index in [0.717, 1.165) is 16.0 Å². The van der Waals surface area contributed by atoms with E-state index in [1.54, 1.807) is 11.7 Å². The number of hydrogen-bond acceptors (Lipinski definition) is 13. The van der Waals surface area contributed by atoms with Crippen molar-refractivity contribution in [2.45, 2.75) is 63.9 Å². The van der Waals surface area contributed by atoms with Crippen molar-refractivity contribution in [3.63, 3.8) is 0 Å². The first-order valence-electron chi connectivity index (χ1n) is 19.1. The van der Waals surface area contributed by atoms with Gasteiger partial charge in [0.05, 0.1) is 62.2 Å². The number of nitrogens with one attached hydrogen (secondary N) is 4. The second-order valence-electron chi connectivity index (χ2n) is 13.4. The second-order valence-corrected chi connectivity index (χ2v) is 14.4. The molecule has 0 aliphatic heterocycles. The first kappa shape index (κ1) is 46.9. The average Bonchev–Trinajstić information content (AvgIpc) is 3.73. The van der Waals surface area contributed by atoms with Gasteiger partial charge < -0.3 is 55.8 Å². The molecule has 0 spiro atoms. The van der Waals surface area contributed by atoms with Crippen LogP contribution in [0, 0.1) is 5.92 Å². The van der Waals surface area contributed by atoms with E-state index < -0.39 is 42.1 Å². The summed E-state index contributed by atoms with van der Waals surface area (Å²) in [5.41, 5.74) is 8.82. The Morgan fingerprint density at radius 3 is 2.00 bits per heavy atom. The van der Waals surface area contributed by atoms with E-state index >= 15 is 0 Å². The first-order valence-corrected chi connectivity index (χ1v) is 20.0. The van der Waals surface area contributed by atoms with Crippen molar-refractivity contribution in [1.82, 2.24) is 26.3 Å². The Kier molecular flexibility index (Phi) is 23.0. The molecule has 0 aliphatic rings. The van der Waals surface area contributed by atoms with E-state index in [-0.39, 0.29) is 64.4 Å². The van der Waals surface area contributed by atoms with Crippen LogP contribution in [0.15, 0.2) is 72.4 Å². The highest BCUT2D eigenvalue weighted by Gasteiger charge is 2.30. The minimum absolute atomic E-state index is 0.0459. The molecule has 16 nitrogen and oxygen atoms in total. The number of nitrogens with zero attached hydrogens (tertiary/aromatic N) is 1. The van der Waals surface area contributed by atoms with E-state index in [0.29, 0.717) is 39.2 Å². The molecule has 0 bridgehead atoms. The monoisotopic (exact) mass is 814 g/mol. The number of alkyl carbamates (subject to hydrolysis) is 1. The fourth-order valence-electron chi connectivity index (χ4n) is 5.55. The Bertz CT molecular complexity index is 1550. The van der Waals surface area contributed by atoms with Gasteiger partial charge in [-0.25, -0.2) is 4.79 Å². The molecular formula is C40H58N6O10S. The van der Waals surface area contributed by atoms with Crippen molar-refractivity contribution in [3.05, 3.63) is 88.4 Å². The Morgan fingerprint density at radius 2 is 1.39 bits per heavy atom. The third kappa shape index (κ3) is 20.5. The summed E-state index contributed by atoms with van der Waals surface area (Å²) in [7, 11) is 0. The van der Waals surface area contributed by atoms with E-state index in [1.807, 2.05) is 74.5 Å². The van der Waals surface area contributed by atoms with Gasteiger partial charge in [0.25, 0.3) is 0 Å². The molecule has 4 atom stereocenters. The number of carbonyl (C=O) groups is 4. The molecule has 314 valence electrons. The fraction of sp³-hybridized carbons (Fsp3) is 0.525. The summed E-state index contributed by atoms with van der Waals surface area (Å²) in [5, 5.41) is 23.0. The van der Waals surface area contributed by atoms with Crippen LogP contribution in [0.3, 0.4) is 0 Å². The first-order chi connectivity index (χ1) is 27.6. The number of carbonyl (C=O) groups excluding carboxylic acids is 4. The topological polar surface area (TPSA) is 222 Å². The summed E-state index contributed by atoms with van der Waals surface area (Å²) < 4.78 is 26.7. The van der Waals surface area contributed by atoms with Gasteiger partial charge in [0, 0.05) is 25.3 Å². The number of nitrogens with two attached hydrogens (primary N) is 1. The quantitative estimate of drug-likeness (QED) is 0.0552. The lowest BCUT2D eigenvalue weighted by Gasteiger charge is -2.30. The standard InChI is InChI=1S/C40H58N6O10S/c1-29(2)38(46-37(49)27-55-20-18-53-16-14-43-36(48)26-54-19-17-52-15-13-41)39(50)44-32(21-30-9-5-3-6-10-30)23-35(47)34(22-31-11-7-4-8-12-31)45-40(51)56-25-33-24-42-28-57-33/h3-12,24,28-29,32,34-35,38,47H,13-23,25-27,41H2,1-2H3,(H,43,48)(H,44,50)(H,45,51)(H,46,49)/t32-,34-,35-,38-/m0/s1. The highest BCUT2D eigenvalue weighted by Crippen LogP contribution is 2.16. The molecule has 1 heterocycles. The van der Waals surface area contributed by atoms with Crippen LogP contribution in [0.4, 0.5) is 4.79 Å². The number of aromatic nitrogens is 1. The summed E-state index contributed by atoms with van der Waals surface area (Å²) >= 11 is 1.37. The van der Waals surface area contributed by atoms with Crippen LogP contribution < -0.4 is 27.0 Å². The van der Waals surface area contributed by atoms with Gasteiger partial charge >= 0.3 is 6.09 Å². The van der Waals surface area contributed by atoms with Crippen molar-refractivity contribution in [2.24, 2.45) is 11.7 Å². The van der Waals surface area contributed by atoms with Crippen LogP contribution >= 0.6 is 11.3 Å². The minimum atomic E-state index is -1.08. The molecule has 57 heavy (non-hydrogen) atoms. The highest BCUT2D eigenvalue weighted by molar-refractivity contribution is 7.09. The van der Waals surface area contributed by atoms with Crippen LogP contribution in [0.2, 0.25) is 0 Å². The number of aliphatic hydroxyl groups excluding tert-OH is 1. The molecule has 1 aromatic heterocycles. The minimum Gasteiger partial charge on any atom is -0.444 e. The zero-order chi connectivity index (χ0) is 41.1. The van der Waals surface area contributed by atoms with Gasteiger partial charge in [-0.2, -0.15) is 0 Å². The Morgan fingerprint density at radius 1 is 0.772 bits per heavy atom. The number of thiazole rings is 1. The molecule has 3 rings (SSSR count). The number of amides is 4. The Hall–Kier alpha value is -4.49. The van der Waals surface area contributed by atoms with Crippen LogP contribution in [-0.2, 0) is 57.5 Å². The van der Waals surface area contributed by atoms with E-state index in [2.05, 4.69) is 26.3 Å². The van der Waals surface area contributed by atoms with Gasteiger partial charge in [-0.15, -0.1) is 11.3 Å². The van der Waals surface area contributed by atoms with Crippen molar-refractivity contribution in [1.29, 1.82) is 0 Å². The lowest BCUT2D eigenvalue weighted by atomic mass is 9.93. The van der Waals surface area contributed by atoms with Gasteiger partial charge in [-0.1, -0.05) is 74.5 Å². The molecule has 0 fully saturated rings. The van der Waals surface area contributed by atoms with Gasteiger partial charge in [-0.05, 0) is 36.3 Å². The van der Waals surface area contributed by atoms with Crippen molar-refractivity contribution < 1.29 is 48.0 Å². The van der Waals surface area contributed by atoms with Crippen LogP contribution in [0.25, 0.3) is 0 Å². The normalized spacial score (nSPS) is 13.3. The summed E-state index contributed by atoms with van der Waals surface area (Å²) in [6.45, 7) is 5.68. The summed E-state index contributed by atoms with van der Waals surface area (Å²) in [6.07, 6.45) is 0.658. The fourth-order valence-corrected chi connectivity index (χ4v) is 6.06. The van der Waals surface area contributed by atoms with E-state index in [1.165, 1.54) is 11.3 Å². The molecule has 3 aromatic rings. The zero-order valence-corrected chi connectivity index (χ0v) is 33.6. The molecule has 0 saturated carbocycles. The third-order valence-corrected chi connectivity index (χ3v) is 9.15. The predicted octanol–water partition coefficient (Wildman–Crippen LogP) is 1.74. The average molecular weight is 815 g/mol. The van der Waals surface area contributed by atoms with Gasteiger partial charge in [-0.3, -0.25) is 19.4 Å². The number of ether oxygens (including phenoxy) is 5. The number of benzene rings is 2. The molecule has 2 aromatic carbocycles. The molecular weight excluding hydrogens is 757 g/mol. The van der Waals surface area contributed by atoms with E-state index in [4.69, 9.17) is 29.4 Å². The number of aliphatic hydroxyl groups is 1. The summed E-state index contributed by atoms with van der Waals surface area (Å²) in [4.78, 5) is 56.1. The summed E-state index contributed by atoms with van der Waals surface area (Å²) in [6, 6.07) is 16.8. The molecule has 7 N–H and O–H groups in total. The smallest absolute Gasteiger partial charge is 0.407 e. The van der Waals surface area contributed by atoms with Crippen molar-refractivity contribution in [2.75, 3.05) is 65.9 Å². The Balaban J connectivity index is 1.50. The van der Waals surface area contributed by atoms with Crippen molar-refractivity contribution >= 4 is 35.2 Å². The molecule has 4 amide bonds. The van der Waals surface area contributed by atoms with Gasteiger partial charge in [0.15, 0.2) is 0 Å². The highest BCUT2D eigenvalue weighted by atomic mass is 32.1. The number of rotatable bonds is 29. The Labute approximate surface area is 338 Å². The van der Waals surface area contributed by atoms with Crippen LogP contribution in [0.1, 0.15) is 36.3 Å². The van der Waals surface area contributed by atoms with Crippen LogP contribution in [-0.4, -0.2) is 124 Å². The lowest BCUT2D eigenvalue weighted by molar-refractivity contribution is -0.133. The van der Waals surface area contributed by atoms with E-state index in [9.17, 15) is 24.3 Å². The maximum absolute atomic E-state index is 13.8. The largest absolute Gasteiger partial charge is 0.444 e. The zero-order valence-electron chi connectivity index (χ0n) is 32.8. The maximum Gasteiger partial charge on any atom is 0.407 e. The lowest BCUT2D eigenvalue weighted by Crippen LogP contribution is -2.54. The second kappa shape index (κ2) is 28.0. The van der Waals surface area contributed by atoms with Crippen molar-refractivity contribution in [3.8, 4) is 0 Å². The molecule has 0 radical (unpaired) electrons.